The molecule has 0 radical (unpaired) electrons. The molecule has 1 saturated heterocycles. The predicted octanol–water partition coefficient (Wildman–Crippen LogP) is 0.661. The largest absolute Gasteiger partial charge is 0.477 e. The number of carboxylic acid groups (broad SMARTS) is 1. The molecule has 132 valence electrons. The molecule has 2 atom stereocenters. The van der Waals surface area contributed by atoms with Crippen LogP contribution in [0.2, 0.25) is 0 Å². The lowest BCUT2D eigenvalue weighted by molar-refractivity contribution is -0.150. The van der Waals surface area contributed by atoms with Crippen LogP contribution in [0, 0.1) is 0 Å². The Balaban J connectivity index is 1.72. The Bertz CT molecular complexity index is 759. The van der Waals surface area contributed by atoms with Gasteiger partial charge in [-0.3, -0.25) is 14.5 Å². The van der Waals surface area contributed by atoms with Crippen molar-refractivity contribution in [2.24, 2.45) is 5.16 Å². The van der Waals surface area contributed by atoms with E-state index in [1.54, 1.807) is 0 Å². The van der Waals surface area contributed by atoms with Crippen LogP contribution in [-0.4, -0.2) is 58.3 Å². The summed E-state index contributed by atoms with van der Waals surface area (Å²) in [4.78, 5) is 42.7. The highest BCUT2D eigenvalue weighted by atomic mass is 32.2. The van der Waals surface area contributed by atoms with Gasteiger partial charge in [-0.25, -0.2) is 4.79 Å². The number of nitrogens with one attached hydrogen (secondary N) is 1. The first-order valence-corrected chi connectivity index (χ1v) is 9.25. The van der Waals surface area contributed by atoms with Crippen LogP contribution < -0.4 is 5.32 Å². The zero-order chi connectivity index (χ0) is 18.0. The van der Waals surface area contributed by atoms with Crippen LogP contribution in [0.5, 0.6) is 0 Å². The molecule has 0 aliphatic carbocycles. The summed E-state index contributed by atoms with van der Waals surface area (Å²) in [5.74, 6) is -1.54. The number of nitrogens with zero attached hydrogens (tertiary/aromatic N) is 2. The summed E-state index contributed by atoms with van der Waals surface area (Å²) in [5, 5.41) is 17.2. The number of oxime groups is 1. The third-order valence-corrected chi connectivity index (χ3v) is 5.92. The second kappa shape index (κ2) is 7.28. The molecule has 0 aromatic carbocycles. The summed E-state index contributed by atoms with van der Waals surface area (Å²) in [6, 6.07) is 2.99. The van der Waals surface area contributed by atoms with Gasteiger partial charge < -0.3 is 15.3 Å². The molecule has 2 aliphatic heterocycles. The third kappa shape index (κ3) is 3.40. The number of hydrogen-bond acceptors (Lipinski definition) is 7. The summed E-state index contributed by atoms with van der Waals surface area (Å²) < 4.78 is 0. The fourth-order valence-corrected chi connectivity index (χ4v) is 4.65. The lowest BCUT2D eigenvalue weighted by Crippen LogP contribution is -2.70. The van der Waals surface area contributed by atoms with Crippen molar-refractivity contribution in [1.82, 2.24) is 10.2 Å². The number of thiophene rings is 1. The standard InChI is InChI=1S/C15H15N3O5S2/c1-23-16-6-8-7-25-14-11(13(20)18(14)12(8)15(21)22)17-10(19)5-9-3-2-4-24-9/h2-4,6,11,14H,5,7H2,1H3,(H,17,19)(H,21,22)/b16-6+/t11-,14-/m1/s1. The van der Waals surface area contributed by atoms with Crippen molar-refractivity contribution in [3.8, 4) is 0 Å². The number of thioether (sulfide) groups is 1. The maximum absolute atomic E-state index is 12.4. The summed E-state index contributed by atoms with van der Waals surface area (Å²) in [5.41, 5.74) is 0.283. The quantitative estimate of drug-likeness (QED) is 0.426. The number of amides is 2. The molecule has 25 heavy (non-hydrogen) atoms. The third-order valence-electron chi connectivity index (χ3n) is 3.75. The molecule has 1 aromatic heterocycles. The minimum Gasteiger partial charge on any atom is -0.477 e. The topological polar surface area (TPSA) is 108 Å². The zero-order valence-electron chi connectivity index (χ0n) is 13.2. The van der Waals surface area contributed by atoms with E-state index < -0.39 is 23.3 Å². The number of carbonyl (C=O) groups is 3. The predicted molar refractivity (Wildman–Crippen MR) is 93.2 cm³/mol. The highest BCUT2D eigenvalue weighted by Gasteiger charge is 2.54. The maximum atomic E-state index is 12.4. The van der Waals surface area contributed by atoms with E-state index in [2.05, 4.69) is 15.3 Å². The lowest BCUT2D eigenvalue weighted by Gasteiger charge is -2.49. The van der Waals surface area contributed by atoms with E-state index >= 15 is 0 Å². The molecule has 2 N–H and O–H groups in total. The van der Waals surface area contributed by atoms with E-state index in [-0.39, 0.29) is 18.0 Å². The number of β-lactam (4-membered cyclic amide) rings is 1. The van der Waals surface area contributed by atoms with Crippen LogP contribution in [0.15, 0.2) is 33.9 Å². The Morgan fingerprint density at radius 1 is 1.56 bits per heavy atom. The van der Waals surface area contributed by atoms with Crippen LogP contribution in [-0.2, 0) is 25.6 Å². The number of rotatable bonds is 6. The van der Waals surface area contributed by atoms with Gasteiger partial charge >= 0.3 is 5.97 Å². The number of carboxylic acids is 1. The molecule has 0 saturated carbocycles. The molecule has 2 amide bonds. The molecule has 2 aliphatic rings. The Hall–Kier alpha value is -2.33. The minimum atomic E-state index is -1.21. The van der Waals surface area contributed by atoms with Crippen molar-refractivity contribution in [3.63, 3.8) is 0 Å². The van der Waals surface area contributed by atoms with E-state index in [1.807, 2.05) is 17.5 Å². The highest BCUT2D eigenvalue weighted by molar-refractivity contribution is 8.00. The second-order valence-electron chi connectivity index (χ2n) is 5.31. The van der Waals surface area contributed by atoms with Gasteiger partial charge in [0.2, 0.25) is 5.91 Å². The van der Waals surface area contributed by atoms with E-state index in [0.29, 0.717) is 11.3 Å². The van der Waals surface area contributed by atoms with Crippen molar-refractivity contribution in [2.45, 2.75) is 17.8 Å². The van der Waals surface area contributed by atoms with E-state index in [0.717, 1.165) is 4.88 Å². The number of fused-ring (bicyclic) bond motifs is 1. The van der Waals surface area contributed by atoms with Crippen LogP contribution in [0.3, 0.4) is 0 Å². The summed E-state index contributed by atoms with van der Waals surface area (Å²) in [6.45, 7) is 0. The Morgan fingerprint density at radius 2 is 2.36 bits per heavy atom. The fraction of sp³-hybridized carbons (Fsp3) is 0.333. The SMILES string of the molecule is CO/N=C/C1=C(C(=O)O)N2C(=O)[C@@H](NC(=O)Cc3cccs3)[C@H]2SC1. The molecule has 3 heterocycles. The first kappa shape index (κ1) is 17.5. The van der Waals surface area contributed by atoms with Gasteiger partial charge in [-0.05, 0) is 11.4 Å². The average molecular weight is 381 g/mol. The van der Waals surface area contributed by atoms with Gasteiger partial charge in [0.25, 0.3) is 5.91 Å². The summed E-state index contributed by atoms with van der Waals surface area (Å²) >= 11 is 2.85. The van der Waals surface area contributed by atoms with Crippen molar-refractivity contribution in [1.29, 1.82) is 0 Å². The number of hydrogen-bond donors (Lipinski definition) is 2. The van der Waals surface area contributed by atoms with Crippen LogP contribution in [0.25, 0.3) is 0 Å². The summed E-state index contributed by atoms with van der Waals surface area (Å²) in [7, 11) is 1.35. The maximum Gasteiger partial charge on any atom is 0.353 e. The van der Waals surface area contributed by atoms with E-state index in [9.17, 15) is 19.5 Å². The fourth-order valence-electron chi connectivity index (χ4n) is 2.65. The van der Waals surface area contributed by atoms with Crippen molar-refractivity contribution >= 4 is 47.1 Å². The van der Waals surface area contributed by atoms with Crippen molar-refractivity contribution < 1.29 is 24.3 Å². The molecule has 0 unspecified atom stereocenters. The Labute approximate surface area is 151 Å². The van der Waals surface area contributed by atoms with Crippen LogP contribution in [0.1, 0.15) is 4.88 Å². The molecule has 1 fully saturated rings. The van der Waals surface area contributed by atoms with Gasteiger partial charge in [0, 0.05) is 16.2 Å². The van der Waals surface area contributed by atoms with Crippen LogP contribution >= 0.6 is 23.1 Å². The van der Waals surface area contributed by atoms with E-state index in [4.69, 9.17) is 0 Å². The second-order valence-corrected chi connectivity index (χ2v) is 7.44. The van der Waals surface area contributed by atoms with Crippen LogP contribution in [0.4, 0.5) is 0 Å². The van der Waals surface area contributed by atoms with Gasteiger partial charge in [-0.2, -0.15) is 0 Å². The molecule has 0 spiro atoms. The first-order chi connectivity index (χ1) is 12.0. The Kier molecular flexibility index (Phi) is 5.09. The lowest BCUT2D eigenvalue weighted by atomic mass is 10.0. The molecule has 0 bridgehead atoms. The smallest absolute Gasteiger partial charge is 0.353 e. The normalized spacial score (nSPS) is 22.6. The zero-order valence-corrected chi connectivity index (χ0v) is 14.8. The minimum absolute atomic E-state index is 0.113. The van der Waals surface area contributed by atoms with Gasteiger partial charge in [-0.15, -0.1) is 23.1 Å². The molecule has 10 heteroatoms. The van der Waals surface area contributed by atoms with E-state index in [1.165, 1.54) is 41.3 Å². The number of carbonyl (C=O) groups excluding carboxylic acids is 2. The van der Waals surface area contributed by atoms with Crippen molar-refractivity contribution in [2.75, 3.05) is 12.9 Å². The van der Waals surface area contributed by atoms with Gasteiger partial charge in [0.1, 0.15) is 24.2 Å². The summed E-state index contributed by atoms with van der Waals surface area (Å²) in [6.07, 6.45) is 1.49. The first-order valence-electron chi connectivity index (χ1n) is 7.32. The number of aliphatic carboxylic acids is 1. The van der Waals surface area contributed by atoms with Gasteiger partial charge in [-0.1, -0.05) is 11.2 Å². The van der Waals surface area contributed by atoms with Gasteiger partial charge in [0.15, 0.2) is 0 Å². The molecule has 3 rings (SSSR count). The highest BCUT2D eigenvalue weighted by Crippen LogP contribution is 2.39. The van der Waals surface area contributed by atoms with Crippen molar-refractivity contribution in [3.05, 3.63) is 33.7 Å². The average Bonchev–Trinajstić information content (AvgIpc) is 3.09. The molecule has 8 nitrogen and oxygen atoms in total. The Morgan fingerprint density at radius 3 is 3.00 bits per heavy atom. The monoisotopic (exact) mass is 381 g/mol. The molecule has 1 aromatic rings. The molecular weight excluding hydrogens is 366 g/mol. The van der Waals surface area contributed by atoms with Gasteiger partial charge in [0.05, 0.1) is 12.6 Å². The molecular formula is C15H15N3O5S2.